The fraction of sp³-hybridized carbons (Fsp3) is 0.500. The Morgan fingerprint density at radius 1 is 1.64 bits per heavy atom. The molecule has 0 amide bonds. The van der Waals surface area contributed by atoms with Crippen LogP contribution >= 0.6 is 0 Å². The molecule has 1 unspecified atom stereocenters. The van der Waals surface area contributed by atoms with Crippen molar-refractivity contribution in [2.24, 2.45) is 0 Å². The number of hydrogen-bond donors (Lipinski definition) is 2. The molecule has 2 heterocycles. The summed E-state index contributed by atoms with van der Waals surface area (Å²) in [6, 6.07) is 4.61. The largest absolute Gasteiger partial charge is 0.365 e. The first-order chi connectivity index (χ1) is 5.45. The van der Waals surface area contributed by atoms with Gasteiger partial charge in [-0.05, 0) is 18.6 Å². The van der Waals surface area contributed by atoms with Crippen LogP contribution in [-0.2, 0) is 11.3 Å². The highest BCUT2D eigenvalue weighted by molar-refractivity contribution is 5.05. The van der Waals surface area contributed by atoms with Gasteiger partial charge in [-0.2, -0.15) is 5.48 Å². The van der Waals surface area contributed by atoms with Crippen LogP contribution in [-0.4, -0.2) is 17.6 Å². The van der Waals surface area contributed by atoms with E-state index in [1.807, 2.05) is 12.3 Å². The van der Waals surface area contributed by atoms with Crippen molar-refractivity contribution in [1.29, 1.82) is 0 Å². The molecule has 2 rings (SSSR count). The lowest BCUT2D eigenvalue weighted by atomic mass is 10.1. The monoisotopic (exact) mass is 152 g/mol. The van der Waals surface area contributed by atoms with Gasteiger partial charge in [0.15, 0.2) is 0 Å². The van der Waals surface area contributed by atoms with E-state index in [-0.39, 0.29) is 0 Å². The molecule has 0 bridgehead atoms. The first-order valence-electron chi connectivity index (χ1n) is 3.95. The lowest BCUT2D eigenvalue weighted by Gasteiger charge is -2.05. The Morgan fingerprint density at radius 3 is 3.27 bits per heavy atom. The normalized spacial score (nSPS) is 24.2. The summed E-state index contributed by atoms with van der Waals surface area (Å²) in [7, 11) is 0. The Balaban J connectivity index is 1.90. The van der Waals surface area contributed by atoms with Gasteiger partial charge in [-0.25, -0.2) is 0 Å². The van der Waals surface area contributed by atoms with Crippen molar-refractivity contribution in [1.82, 2.24) is 10.5 Å². The molecule has 1 fully saturated rings. The maximum absolute atomic E-state index is 5.04. The Morgan fingerprint density at radius 2 is 2.64 bits per heavy atom. The van der Waals surface area contributed by atoms with Crippen molar-refractivity contribution in [3.63, 3.8) is 0 Å². The summed E-state index contributed by atoms with van der Waals surface area (Å²) < 4.78 is 0. The predicted molar refractivity (Wildman–Crippen MR) is 42.0 cm³/mol. The zero-order valence-corrected chi connectivity index (χ0v) is 6.34. The Hall–Kier alpha value is -0.800. The first-order valence-corrected chi connectivity index (χ1v) is 3.95. The molecule has 1 aliphatic rings. The van der Waals surface area contributed by atoms with Crippen molar-refractivity contribution in [2.75, 3.05) is 6.61 Å². The molecule has 1 saturated heterocycles. The number of hydroxylamine groups is 1. The van der Waals surface area contributed by atoms with Gasteiger partial charge in [0.25, 0.3) is 0 Å². The summed E-state index contributed by atoms with van der Waals surface area (Å²) in [6.45, 7) is 0.839. The van der Waals surface area contributed by atoms with Crippen LogP contribution in [0.25, 0.3) is 0 Å². The molecule has 60 valence electrons. The summed E-state index contributed by atoms with van der Waals surface area (Å²) in [6.07, 6.45) is 4.09. The number of rotatable bonds is 2. The van der Waals surface area contributed by atoms with Crippen molar-refractivity contribution in [3.05, 3.63) is 24.0 Å². The Labute approximate surface area is 65.7 Å². The van der Waals surface area contributed by atoms with Crippen LogP contribution in [0.2, 0.25) is 0 Å². The van der Waals surface area contributed by atoms with E-state index in [0.29, 0.717) is 6.04 Å². The van der Waals surface area contributed by atoms with Gasteiger partial charge < -0.3 is 9.82 Å². The van der Waals surface area contributed by atoms with Crippen LogP contribution < -0.4 is 5.48 Å². The molecular weight excluding hydrogens is 140 g/mol. The van der Waals surface area contributed by atoms with E-state index in [0.717, 1.165) is 19.4 Å². The van der Waals surface area contributed by atoms with Gasteiger partial charge in [0.05, 0.1) is 6.61 Å². The molecule has 3 nitrogen and oxygen atoms in total. The molecule has 1 aliphatic heterocycles. The van der Waals surface area contributed by atoms with E-state index >= 15 is 0 Å². The molecular formula is C8H12N2O. The third-order valence-corrected chi connectivity index (χ3v) is 1.95. The van der Waals surface area contributed by atoms with Crippen molar-refractivity contribution in [3.8, 4) is 0 Å². The molecule has 1 aromatic rings. The molecule has 0 aromatic carbocycles. The van der Waals surface area contributed by atoms with Gasteiger partial charge in [-0.1, -0.05) is 0 Å². The standard InChI is InChI=1S/C8H12N2O/c1-2-7(9-4-1)6-8-3-5-11-10-8/h1-2,4,8-10H,3,5-6H2. The van der Waals surface area contributed by atoms with Gasteiger partial charge in [-0.3, -0.25) is 0 Å². The van der Waals surface area contributed by atoms with Crippen LogP contribution in [0.5, 0.6) is 0 Å². The van der Waals surface area contributed by atoms with Crippen molar-refractivity contribution >= 4 is 0 Å². The summed E-state index contributed by atoms with van der Waals surface area (Å²) in [5.41, 5.74) is 4.25. The second kappa shape index (κ2) is 3.07. The average molecular weight is 152 g/mol. The highest BCUT2D eigenvalue weighted by atomic mass is 16.7. The third kappa shape index (κ3) is 1.61. The quantitative estimate of drug-likeness (QED) is 0.659. The molecule has 2 N–H and O–H groups in total. The maximum Gasteiger partial charge on any atom is 0.0698 e. The number of aromatic amines is 1. The number of H-pyrrole nitrogens is 1. The summed E-state index contributed by atoms with van der Waals surface area (Å²) in [5, 5.41) is 0. The molecule has 0 aliphatic carbocycles. The maximum atomic E-state index is 5.04. The fourth-order valence-corrected chi connectivity index (χ4v) is 1.34. The van der Waals surface area contributed by atoms with Crippen LogP contribution in [0, 0.1) is 0 Å². The van der Waals surface area contributed by atoms with Gasteiger partial charge in [0, 0.05) is 24.4 Å². The van der Waals surface area contributed by atoms with Crippen LogP contribution in [0.1, 0.15) is 12.1 Å². The van der Waals surface area contributed by atoms with E-state index in [1.165, 1.54) is 5.69 Å². The van der Waals surface area contributed by atoms with E-state index < -0.39 is 0 Å². The zero-order valence-electron chi connectivity index (χ0n) is 6.34. The molecule has 0 spiro atoms. The van der Waals surface area contributed by atoms with E-state index in [1.54, 1.807) is 0 Å². The average Bonchev–Trinajstić information content (AvgIpc) is 2.60. The van der Waals surface area contributed by atoms with E-state index in [4.69, 9.17) is 4.84 Å². The van der Waals surface area contributed by atoms with Gasteiger partial charge in [0.1, 0.15) is 0 Å². The van der Waals surface area contributed by atoms with Crippen LogP contribution in [0.4, 0.5) is 0 Å². The Bertz CT molecular complexity index is 202. The Kier molecular flexibility index (Phi) is 1.92. The highest BCUT2D eigenvalue weighted by Crippen LogP contribution is 2.07. The van der Waals surface area contributed by atoms with Crippen LogP contribution in [0.15, 0.2) is 18.3 Å². The van der Waals surface area contributed by atoms with E-state index in [9.17, 15) is 0 Å². The minimum atomic E-state index is 0.494. The van der Waals surface area contributed by atoms with Crippen LogP contribution in [0.3, 0.4) is 0 Å². The van der Waals surface area contributed by atoms with Gasteiger partial charge in [-0.15, -0.1) is 0 Å². The zero-order chi connectivity index (χ0) is 7.52. The molecule has 0 radical (unpaired) electrons. The van der Waals surface area contributed by atoms with Crippen molar-refractivity contribution < 1.29 is 4.84 Å². The fourth-order valence-electron chi connectivity index (χ4n) is 1.34. The molecule has 11 heavy (non-hydrogen) atoms. The van der Waals surface area contributed by atoms with E-state index in [2.05, 4.69) is 16.5 Å². The summed E-state index contributed by atoms with van der Waals surface area (Å²) in [4.78, 5) is 8.21. The second-order valence-electron chi connectivity index (χ2n) is 2.85. The SMILES string of the molecule is c1c[nH]c(CC2CCON2)c1. The molecule has 1 atom stereocenters. The minimum Gasteiger partial charge on any atom is -0.365 e. The third-order valence-electron chi connectivity index (χ3n) is 1.95. The second-order valence-corrected chi connectivity index (χ2v) is 2.85. The molecule has 3 heteroatoms. The first kappa shape index (κ1) is 6.88. The van der Waals surface area contributed by atoms with Crippen molar-refractivity contribution in [2.45, 2.75) is 18.9 Å². The van der Waals surface area contributed by atoms with Gasteiger partial charge in [0.2, 0.25) is 0 Å². The molecule has 0 saturated carbocycles. The number of nitrogens with one attached hydrogen (secondary N) is 2. The predicted octanol–water partition coefficient (Wildman–Crippen LogP) is 0.851. The molecule has 1 aromatic heterocycles. The number of aromatic nitrogens is 1. The lowest BCUT2D eigenvalue weighted by Crippen LogP contribution is -2.22. The lowest BCUT2D eigenvalue weighted by molar-refractivity contribution is 0.0881. The smallest absolute Gasteiger partial charge is 0.0698 e. The van der Waals surface area contributed by atoms with Gasteiger partial charge >= 0.3 is 0 Å². The number of hydrogen-bond acceptors (Lipinski definition) is 2. The summed E-state index contributed by atoms with van der Waals surface area (Å²) >= 11 is 0. The minimum absolute atomic E-state index is 0.494. The summed E-state index contributed by atoms with van der Waals surface area (Å²) in [5.74, 6) is 0. The highest BCUT2D eigenvalue weighted by Gasteiger charge is 2.15. The topological polar surface area (TPSA) is 37.0 Å².